The fourth-order valence-corrected chi connectivity index (χ4v) is 2.86. The number of nitrogens with one attached hydrogen (secondary N) is 3. The van der Waals surface area contributed by atoms with Crippen molar-refractivity contribution in [2.45, 2.75) is 31.7 Å². The summed E-state index contributed by atoms with van der Waals surface area (Å²) in [7, 11) is 0. The molecular weight excluding hydrogens is 437 g/mol. The van der Waals surface area contributed by atoms with Crippen LogP contribution in [0.1, 0.15) is 31.0 Å². The summed E-state index contributed by atoms with van der Waals surface area (Å²) in [6.45, 7) is 4.35. The summed E-state index contributed by atoms with van der Waals surface area (Å²) >= 11 is 6.13. The summed E-state index contributed by atoms with van der Waals surface area (Å²) in [5.74, 6) is 0.829. The highest BCUT2D eigenvalue weighted by Crippen LogP contribution is 2.48. The maximum atomic E-state index is 6.13. The highest BCUT2D eigenvalue weighted by Gasteiger charge is 2.44. The first-order valence-electron chi connectivity index (χ1n) is 7.98. The van der Waals surface area contributed by atoms with Gasteiger partial charge in [-0.15, -0.1) is 24.0 Å². The molecule has 5 nitrogen and oxygen atoms in total. The van der Waals surface area contributed by atoms with E-state index in [1.165, 1.54) is 18.4 Å². The second-order valence-electron chi connectivity index (χ2n) is 5.92. The zero-order valence-electron chi connectivity index (χ0n) is 13.7. The summed E-state index contributed by atoms with van der Waals surface area (Å²) in [4.78, 5) is 4.60. The van der Waals surface area contributed by atoms with E-state index in [1.807, 2.05) is 18.2 Å². The average Bonchev–Trinajstić information content (AvgIpc) is 3.17. The lowest BCUT2D eigenvalue weighted by molar-refractivity contribution is 0.645. The van der Waals surface area contributed by atoms with Crippen molar-refractivity contribution < 1.29 is 0 Å². The summed E-state index contributed by atoms with van der Waals surface area (Å²) < 4.78 is 0. The van der Waals surface area contributed by atoms with Gasteiger partial charge in [-0.3, -0.25) is 5.10 Å². The van der Waals surface area contributed by atoms with Crippen LogP contribution in [0.4, 0.5) is 0 Å². The van der Waals surface area contributed by atoms with E-state index < -0.39 is 0 Å². The van der Waals surface area contributed by atoms with Gasteiger partial charge in [-0.2, -0.15) is 5.10 Å². The number of aromatic nitrogens is 2. The fourth-order valence-electron chi connectivity index (χ4n) is 2.67. The summed E-state index contributed by atoms with van der Waals surface area (Å²) in [6, 6.07) is 10.1. The normalized spacial score (nSPS) is 15.5. The maximum Gasteiger partial charge on any atom is 0.191 e. The topological polar surface area (TPSA) is 65.1 Å². The van der Waals surface area contributed by atoms with E-state index in [0.29, 0.717) is 6.54 Å². The lowest BCUT2D eigenvalue weighted by atomic mass is 9.96. The number of benzene rings is 1. The van der Waals surface area contributed by atoms with Crippen molar-refractivity contribution in [3.8, 4) is 0 Å². The summed E-state index contributed by atoms with van der Waals surface area (Å²) in [5, 5.41) is 14.4. The molecule has 1 aliphatic carbocycles. The van der Waals surface area contributed by atoms with E-state index in [9.17, 15) is 0 Å². The van der Waals surface area contributed by atoms with E-state index >= 15 is 0 Å². The minimum Gasteiger partial charge on any atom is -0.357 e. The van der Waals surface area contributed by atoms with Gasteiger partial charge in [0.15, 0.2) is 5.96 Å². The second kappa shape index (κ2) is 8.71. The monoisotopic (exact) mass is 459 g/mol. The van der Waals surface area contributed by atoms with Crippen molar-refractivity contribution in [1.82, 2.24) is 20.8 Å². The SMILES string of the molecule is CCNC(=NCc1ccn[nH]1)NCC1(c2cccc(Cl)c2)CC1.I. The molecule has 0 aliphatic heterocycles. The first-order valence-corrected chi connectivity index (χ1v) is 8.36. The smallest absolute Gasteiger partial charge is 0.191 e. The van der Waals surface area contributed by atoms with Crippen LogP contribution in [-0.4, -0.2) is 29.2 Å². The number of hydrogen-bond donors (Lipinski definition) is 3. The van der Waals surface area contributed by atoms with E-state index in [0.717, 1.165) is 29.8 Å². The molecule has 0 amide bonds. The van der Waals surface area contributed by atoms with Crippen LogP contribution in [0.5, 0.6) is 0 Å². The molecule has 0 bridgehead atoms. The molecule has 0 saturated heterocycles. The van der Waals surface area contributed by atoms with Crippen molar-refractivity contribution in [1.29, 1.82) is 0 Å². The third kappa shape index (κ3) is 4.86. The van der Waals surface area contributed by atoms with Crippen molar-refractivity contribution in [2.75, 3.05) is 13.1 Å². The standard InChI is InChI=1S/C17H22ClN5.HI/c1-2-19-16(20-11-15-6-9-22-23-15)21-12-17(7-8-17)13-4-3-5-14(18)10-13;/h3-6,9-10H,2,7-8,11-12H2,1H3,(H,22,23)(H2,19,20,21);1H. The zero-order chi connectivity index (χ0) is 16.1. The molecule has 2 aromatic rings. The van der Waals surface area contributed by atoms with Gasteiger partial charge in [-0.1, -0.05) is 23.7 Å². The number of aliphatic imine (C=N–C) groups is 1. The van der Waals surface area contributed by atoms with Gasteiger partial charge in [0.2, 0.25) is 0 Å². The van der Waals surface area contributed by atoms with Gasteiger partial charge in [0.25, 0.3) is 0 Å². The third-order valence-corrected chi connectivity index (χ3v) is 4.43. The number of halogens is 2. The Kier molecular flexibility index (Phi) is 6.91. The average molecular weight is 460 g/mol. The van der Waals surface area contributed by atoms with E-state index in [2.05, 4.69) is 44.9 Å². The molecule has 0 spiro atoms. The van der Waals surface area contributed by atoms with E-state index in [-0.39, 0.29) is 29.4 Å². The number of guanidine groups is 1. The molecule has 1 fully saturated rings. The van der Waals surface area contributed by atoms with Gasteiger partial charge < -0.3 is 10.6 Å². The minimum absolute atomic E-state index is 0. The zero-order valence-corrected chi connectivity index (χ0v) is 16.8. The Balaban J connectivity index is 0.00000208. The van der Waals surface area contributed by atoms with Gasteiger partial charge in [0.05, 0.1) is 12.2 Å². The number of nitrogens with zero attached hydrogens (tertiary/aromatic N) is 2. The molecule has 0 unspecified atom stereocenters. The van der Waals surface area contributed by atoms with Crippen molar-refractivity contribution >= 4 is 41.5 Å². The highest BCUT2D eigenvalue weighted by molar-refractivity contribution is 14.0. The summed E-state index contributed by atoms with van der Waals surface area (Å²) in [6.07, 6.45) is 4.10. The van der Waals surface area contributed by atoms with Crippen LogP contribution in [-0.2, 0) is 12.0 Å². The van der Waals surface area contributed by atoms with Gasteiger partial charge in [-0.05, 0) is 43.5 Å². The Hall–Kier alpha value is -1.28. The minimum atomic E-state index is 0. The van der Waals surface area contributed by atoms with Crippen LogP contribution in [0, 0.1) is 0 Å². The first-order chi connectivity index (χ1) is 11.2. The molecule has 3 rings (SSSR count). The van der Waals surface area contributed by atoms with Crippen molar-refractivity contribution in [2.24, 2.45) is 4.99 Å². The lowest BCUT2D eigenvalue weighted by Gasteiger charge is -2.19. The largest absolute Gasteiger partial charge is 0.357 e. The highest BCUT2D eigenvalue weighted by atomic mass is 127. The Morgan fingerprint density at radius 3 is 2.79 bits per heavy atom. The second-order valence-corrected chi connectivity index (χ2v) is 6.36. The molecule has 1 saturated carbocycles. The molecule has 3 N–H and O–H groups in total. The van der Waals surface area contributed by atoms with Crippen LogP contribution in [0.3, 0.4) is 0 Å². The van der Waals surface area contributed by atoms with Gasteiger partial charge >= 0.3 is 0 Å². The van der Waals surface area contributed by atoms with Gasteiger partial charge in [-0.25, -0.2) is 4.99 Å². The molecule has 0 atom stereocenters. The lowest BCUT2D eigenvalue weighted by Crippen LogP contribution is -2.41. The van der Waals surface area contributed by atoms with Crippen LogP contribution < -0.4 is 10.6 Å². The molecule has 1 aliphatic rings. The predicted octanol–water partition coefficient (Wildman–Crippen LogP) is 3.47. The van der Waals surface area contributed by atoms with Crippen LogP contribution in [0.15, 0.2) is 41.5 Å². The Bertz CT molecular complexity index is 667. The molecule has 1 aromatic heterocycles. The van der Waals surface area contributed by atoms with Crippen molar-refractivity contribution in [3.63, 3.8) is 0 Å². The molecule has 1 heterocycles. The molecule has 7 heteroatoms. The van der Waals surface area contributed by atoms with Crippen LogP contribution in [0.25, 0.3) is 0 Å². The molecule has 1 aromatic carbocycles. The molecule has 0 radical (unpaired) electrons. The number of aromatic amines is 1. The Morgan fingerprint density at radius 1 is 1.33 bits per heavy atom. The first kappa shape index (κ1) is 19.1. The molecule has 24 heavy (non-hydrogen) atoms. The summed E-state index contributed by atoms with van der Waals surface area (Å²) in [5.41, 5.74) is 2.50. The Labute approximate surface area is 164 Å². The number of H-pyrrole nitrogens is 1. The van der Waals surface area contributed by atoms with Crippen LogP contribution in [0.2, 0.25) is 5.02 Å². The van der Waals surface area contributed by atoms with Gasteiger partial charge in [0.1, 0.15) is 0 Å². The molecule has 130 valence electrons. The predicted molar refractivity (Wildman–Crippen MR) is 109 cm³/mol. The van der Waals surface area contributed by atoms with E-state index in [1.54, 1.807) is 6.20 Å². The third-order valence-electron chi connectivity index (χ3n) is 4.19. The Morgan fingerprint density at radius 2 is 2.17 bits per heavy atom. The molecular formula is C17H23ClIN5. The fraction of sp³-hybridized carbons (Fsp3) is 0.412. The van der Waals surface area contributed by atoms with Crippen LogP contribution >= 0.6 is 35.6 Å². The number of hydrogen-bond acceptors (Lipinski definition) is 2. The van der Waals surface area contributed by atoms with E-state index in [4.69, 9.17) is 11.6 Å². The van der Waals surface area contributed by atoms with Gasteiger partial charge in [0, 0.05) is 29.7 Å². The quantitative estimate of drug-likeness (QED) is 0.352. The number of rotatable bonds is 6. The maximum absolute atomic E-state index is 6.13. The van der Waals surface area contributed by atoms with Crippen molar-refractivity contribution in [3.05, 3.63) is 52.8 Å².